The van der Waals surface area contributed by atoms with Crippen LogP contribution in [0.1, 0.15) is 38.8 Å². The van der Waals surface area contributed by atoms with Gasteiger partial charge in [0.2, 0.25) is 0 Å². The average molecular weight is 202 g/mol. The number of rotatable bonds is 1. The van der Waals surface area contributed by atoms with Crippen LogP contribution in [0.4, 0.5) is 0 Å². The second-order valence-electron chi connectivity index (χ2n) is 5.14. The maximum Gasteiger partial charge on any atom is 0.126 e. The third-order valence-corrected chi connectivity index (χ3v) is 2.58. The van der Waals surface area contributed by atoms with Crippen molar-refractivity contribution in [1.29, 1.82) is 5.26 Å². The monoisotopic (exact) mass is 202 g/mol. The van der Waals surface area contributed by atoms with E-state index in [2.05, 4.69) is 26.8 Å². The molecule has 1 unspecified atom stereocenters. The van der Waals surface area contributed by atoms with E-state index in [9.17, 15) is 0 Å². The van der Waals surface area contributed by atoms with E-state index < -0.39 is 5.54 Å². The Morgan fingerprint density at radius 3 is 1.73 bits per heavy atom. The molecule has 2 N–H and O–H groups in total. The lowest BCUT2D eigenvalue weighted by atomic mass is 9.85. The molecule has 80 valence electrons. The van der Waals surface area contributed by atoms with Gasteiger partial charge >= 0.3 is 0 Å². The lowest BCUT2D eigenvalue weighted by Gasteiger charge is -2.21. The Morgan fingerprint density at radius 2 is 1.40 bits per heavy atom. The Labute approximate surface area is 91.7 Å². The van der Waals surface area contributed by atoms with E-state index in [4.69, 9.17) is 11.0 Å². The number of hydrogen-bond donors (Lipinski definition) is 1. The number of nitrogens with two attached hydrogens (primary N) is 1. The zero-order chi connectivity index (χ0) is 11.7. The highest BCUT2D eigenvalue weighted by Crippen LogP contribution is 2.24. The number of benzene rings is 1. The summed E-state index contributed by atoms with van der Waals surface area (Å²) in [5.74, 6) is 0. The van der Waals surface area contributed by atoms with Crippen LogP contribution in [0.5, 0.6) is 0 Å². The van der Waals surface area contributed by atoms with E-state index >= 15 is 0 Å². The van der Waals surface area contributed by atoms with Gasteiger partial charge in [-0.1, -0.05) is 45.0 Å². The maximum atomic E-state index is 8.90. The van der Waals surface area contributed by atoms with Gasteiger partial charge in [-0.05, 0) is 23.5 Å². The van der Waals surface area contributed by atoms with Gasteiger partial charge in [-0.15, -0.1) is 0 Å². The Bertz CT molecular complexity index is 374. The van der Waals surface area contributed by atoms with E-state index in [0.29, 0.717) is 0 Å². The maximum absolute atomic E-state index is 8.90. The quantitative estimate of drug-likeness (QED) is 0.761. The molecule has 0 radical (unpaired) electrons. The molecule has 1 atom stereocenters. The molecule has 2 heteroatoms. The van der Waals surface area contributed by atoms with E-state index in [1.54, 1.807) is 6.92 Å². The molecule has 0 amide bonds. The van der Waals surface area contributed by atoms with Gasteiger partial charge in [0, 0.05) is 0 Å². The SMILES string of the molecule is CC(C)(C)c1ccc(C(C)(N)C#N)cc1. The first-order valence-electron chi connectivity index (χ1n) is 5.08. The smallest absolute Gasteiger partial charge is 0.126 e. The summed E-state index contributed by atoms with van der Waals surface area (Å²) in [5.41, 5.74) is 7.19. The summed E-state index contributed by atoms with van der Waals surface area (Å²) in [6.45, 7) is 8.20. The summed E-state index contributed by atoms with van der Waals surface area (Å²) in [4.78, 5) is 0. The van der Waals surface area contributed by atoms with Crippen molar-refractivity contribution in [2.45, 2.75) is 38.6 Å². The average Bonchev–Trinajstić information content (AvgIpc) is 2.17. The summed E-state index contributed by atoms with van der Waals surface area (Å²) in [6, 6.07) is 10.0. The molecule has 0 saturated carbocycles. The molecule has 0 aliphatic carbocycles. The standard InChI is InChI=1S/C13H18N2/c1-12(2,3)10-5-7-11(8-6-10)13(4,15)9-14/h5-8H,15H2,1-4H3. The Hall–Kier alpha value is -1.33. The molecule has 0 aliphatic heterocycles. The van der Waals surface area contributed by atoms with Crippen molar-refractivity contribution in [3.05, 3.63) is 35.4 Å². The van der Waals surface area contributed by atoms with Gasteiger partial charge in [0.25, 0.3) is 0 Å². The lowest BCUT2D eigenvalue weighted by molar-refractivity contribution is 0.587. The van der Waals surface area contributed by atoms with Crippen LogP contribution < -0.4 is 5.73 Å². The van der Waals surface area contributed by atoms with Crippen LogP contribution in [0.3, 0.4) is 0 Å². The van der Waals surface area contributed by atoms with Crippen LogP contribution in [0, 0.1) is 11.3 Å². The Balaban J connectivity index is 3.08. The highest BCUT2D eigenvalue weighted by molar-refractivity contribution is 5.34. The highest BCUT2D eigenvalue weighted by atomic mass is 14.7. The van der Waals surface area contributed by atoms with Crippen molar-refractivity contribution < 1.29 is 0 Å². The van der Waals surface area contributed by atoms with Crippen molar-refractivity contribution in [2.24, 2.45) is 5.73 Å². The molecule has 1 aromatic rings. The summed E-state index contributed by atoms with van der Waals surface area (Å²) in [6.07, 6.45) is 0. The fourth-order valence-electron chi connectivity index (χ4n) is 1.38. The van der Waals surface area contributed by atoms with Crippen molar-refractivity contribution >= 4 is 0 Å². The van der Waals surface area contributed by atoms with E-state index in [1.807, 2.05) is 24.3 Å². The molecular formula is C13H18N2. The van der Waals surface area contributed by atoms with Crippen molar-refractivity contribution in [3.8, 4) is 6.07 Å². The first-order chi connectivity index (χ1) is 6.77. The topological polar surface area (TPSA) is 49.8 Å². The zero-order valence-electron chi connectivity index (χ0n) is 9.83. The largest absolute Gasteiger partial charge is 0.310 e. The molecule has 0 bridgehead atoms. The molecule has 0 aromatic heterocycles. The fraction of sp³-hybridized carbons (Fsp3) is 0.462. The second-order valence-corrected chi connectivity index (χ2v) is 5.14. The molecular weight excluding hydrogens is 184 g/mol. The van der Waals surface area contributed by atoms with Gasteiger partial charge in [0.1, 0.15) is 5.54 Å². The second kappa shape index (κ2) is 3.67. The summed E-state index contributed by atoms with van der Waals surface area (Å²) >= 11 is 0. The van der Waals surface area contributed by atoms with Crippen molar-refractivity contribution in [2.75, 3.05) is 0 Å². The minimum Gasteiger partial charge on any atom is -0.310 e. The first kappa shape index (κ1) is 11.7. The predicted octanol–water partition coefficient (Wildman–Crippen LogP) is 2.68. The molecule has 15 heavy (non-hydrogen) atoms. The van der Waals surface area contributed by atoms with Gasteiger partial charge in [0.05, 0.1) is 6.07 Å². The molecule has 0 heterocycles. The van der Waals surface area contributed by atoms with Crippen molar-refractivity contribution in [3.63, 3.8) is 0 Å². The summed E-state index contributed by atoms with van der Waals surface area (Å²) in [7, 11) is 0. The molecule has 0 fully saturated rings. The number of hydrogen-bond acceptors (Lipinski definition) is 2. The van der Waals surface area contributed by atoms with E-state index in [1.165, 1.54) is 5.56 Å². The Kier molecular flexibility index (Phi) is 2.88. The highest BCUT2D eigenvalue weighted by Gasteiger charge is 2.21. The summed E-state index contributed by atoms with van der Waals surface area (Å²) in [5, 5.41) is 8.90. The zero-order valence-corrected chi connectivity index (χ0v) is 9.83. The third kappa shape index (κ3) is 2.57. The van der Waals surface area contributed by atoms with Crippen LogP contribution in [0.15, 0.2) is 24.3 Å². The number of nitrogens with zero attached hydrogens (tertiary/aromatic N) is 1. The van der Waals surface area contributed by atoms with Gasteiger partial charge in [-0.25, -0.2) is 0 Å². The van der Waals surface area contributed by atoms with Gasteiger partial charge in [-0.3, -0.25) is 0 Å². The van der Waals surface area contributed by atoms with Crippen LogP contribution in [-0.4, -0.2) is 0 Å². The molecule has 1 rings (SSSR count). The molecule has 0 spiro atoms. The molecule has 0 saturated heterocycles. The van der Waals surface area contributed by atoms with Crippen LogP contribution >= 0.6 is 0 Å². The lowest BCUT2D eigenvalue weighted by Crippen LogP contribution is -2.30. The molecule has 0 aliphatic rings. The van der Waals surface area contributed by atoms with Crippen molar-refractivity contribution in [1.82, 2.24) is 0 Å². The molecule has 2 nitrogen and oxygen atoms in total. The molecule has 1 aromatic carbocycles. The van der Waals surface area contributed by atoms with Crippen LogP contribution in [0.25, 0.3) is 0 Å². The van der Waals surface area contributed by atoms with E-state index in [-0.39, 0.29) is 5.41 Å². The Morgan fingerprint density at radius 1 is 1.00 bits per heavy atom. The number of nitriles is 1. The minimum atomic E-state index is -0.892. The normalized spacial score (nSPS) is 15.5. The first-order valence-corrected chi connectivity index (χ1v) is 5.08. The van der Waals surface area contributed by atoms with Crippen LogP contribution in [-0.2, 0) is 11.0 Å². The predicted molar refractivity (Wildman–Crippen MR) is 62.3 cm³/mol. The van der Waals surface area contributed by atoms with Crippen LogP contribution in [0.2, 0.25) is 0 Å². The van der Waals surface area contributed by atoms with Gasteiger partial charge < -0.3 is 5.73 Å². The minimum absolute atomic E-state index is 0.135. The van der Waals surface area contributed by atoms with Gasteiger partial charge in [-0.2, -0.15) is 5.26 Å². The summed E-state index contributed by atoms with van der Waals surface area (Å²) < 4.78 is 0. The van der Waals surface area contributed by atoms with E-state index in [0.717, 1.165) is 5.56 Å². The third-order valence-electron chi connectivity index (χ3n) is 2.58. The van der Waals surface area contributed by atoms with Gasteiger partial charge in [0.15, 0.2) is 0 Å². The fourth-order valence-corrected chi connectivity index (χ4v) is 1.38.